The molecule has 2 aromatic rings. The second-order valence-corrected chi connectivity index (χ2v) is 3.97. The van der Waals surface area contributed by atoms with Crippen LogP contribution in [-0.2, 0) is 0 Å². The van der Waals surface area contributed by atoms with Crippen molar-refractivity contribution < 1.29 is 13.6 Å². The highest BCUT2D eigenvalue weighted by molar-refractivity contribution is 6.34. The smallest absolute Gasteiger partial charge is 0.257 e. The number of amides is 1. The summed E-state index contributed by atoms with van der Waals surface area (Å²) in [7, 11) is 0. The SMILES string of the molecule is O=C(Nc1ccc(F)c(F)c1)c1ccccc1Cl. The van der Waals surface area contributed by atoms with Crippen LogP contribution in [0.4, 0.5) is 14.5 Å². The molecular weight excluding hydrogens is 260 g/mol. The predicted octanol–water partition coefficient (Wildman–Crippen LogP) is 3.87. The van der Waals surface area contributed by atoms with E-state index in [0.29, 0.717) is 0 Å². The molecule has 2 rings (SSSR count). The summed E-state index contributed by atoms with van der Waals surface area (Å²) in [6, 6.07) is 9.58. The van der Waals surface area contributed by atoms with Crippen molar-refractivity contribution in [2.75, 3.05) is 5.32 Å². The van der Waals surface area contributed by atoms with Gasteiger partial charge in [-0.25, -0.2) is 8.78 Å². The number of rotatable bonds is 2. The first-order valence-corrected chi connectivity index (χ1v) is 5.46. The molecular formula is C13H8ClF2NO. The van der Waals surface area contributed by atoms with Crippen molar-refractivity contribution in [2.24, 2.45) is 0 Å². The van der Waals surface area contributed by atoms with Crippen molar-refractivity contribution in [3.63, 3.8) is 0 Å². The first kappa shape index (κ1) is 12.5. The van der Waals surface area contributed by atoms with Crippen LogP contribution in [0.5, 0.6) is 0 Å². The molecule has 0 unspecified atom stereocenters. The molecule has 0 aliphatic carbocycles. The van der Waals surface area contributed by atoms with Crippen LogP contribution in [0.3, 0.4) is 0 Å². The summed E-state index contributed by atoms with van der Waals surface area (Å²) in [5.41, 5.74) is 0.433. The molecule has 0 aromatic heterocycles. The normalized spacial score (nSPS) is 10.2. The summed E-state index contributed by atoms with van der Waals surface area (Å²) >= 11 is 5.85. The largest absolute Gasteiger partial charge is 0.322 e. The molecule has 0 heterocycles. The standard InChI is InChI=1S/C13H8ClF2NO/c14-10-4-2-1-3-9(10)13(18)17-8-5-6-11(15)12(16)7-8/h1-7H,(H,17,18). The maximum Gasteiger partial charge on any atom is 0.257 e. The van der Waals surface area contributed by atoms with Crippen molar-refractivity contribution >= 4 is 23.2 Å². The van der Waals surface area contributed by atoms with Gasteiger partial charge in [0.25, 0.3) is 5.91 Å². The Kier molecular flexibility index (Phi) is 3.58. The van der Waals surface area contributed by atoms with Crippen molar-refractivity contribution in [3.05, 3.63) is 64.7 Å². The van der Waals surface area contributed by atoms with Crippen LogP contribution in [0.15, 0.2) is 42.5 Å². The van der Waals surface area contributed by atoms with E-state index in [1.165, 1.54) is 12.1 Å². The summed E-state index contributed by atoms with van der Waals surface area (Å²) in [4.78, 5) is 11.8. The van der Waals surface area contributed by atoms with Crippen LogP contribution < -0.4 is 5.32 Å². The zero-order chi connectivity index (χ0) is 13.1. The lowest BCUT2D eigenvalue weighted by molar-refractivity contribution is 0.102. The molecule has 0 aliphatic heterocycles. The van der Waals surface area contributed by atoms with Crippen molar-refractivity contribution in [1.82, 2.24) is 0 Å². The molecule has 0 saturated carbocycles. The minimum absolute atomic E-state index is 0.166. The third-order valence-corrected chi connectivity index (χ3v) is 2.63. The second-order valence-electron chi connectivity index (χ2n) is 3.56. The van der Waals surface area contributed by atoms with E-state index in [1.54, 1.807) is 18.2 Å². The predicted molar refractivity (Wildman–Crippen MR) is 65.8 cm³/mol. The van der Waals surface area contributed by atoms with Gasteiger partial charge in [-0.3, -0.25) is 4.79 Å². The fraction of sp³-hybridized carbons (Fsp3) is 0. The van der Waals surface area contributed by atoms with Gasteiger partial charge in [-0.05, 0) is 24.3 Å². The first-order valence-electron chi connectivity index (χ1n) is 5.09. The van der Waals surface area contributed by atoms with Gasteiger partial charge in [-0.2, -0.15) is 0 Å². The van der Waals surface area contributed by atoms with E-state index in [2.05, 4.69) is 5.32 Å². The molecule has 5 heteroatoms. The fourth-order valence-electron chi connectivity index (χ4n) is 1.42. The molecule has 0 fully saturated rings. The van der Waals surface area contributed by atoms with Crippen LogP contribution >= 0.6 is 11.6 Å². The maximum atomic E-state index is 13.0. The highest BCUT2D eigenvalue weighted by atomic mass is 35.5. The Hall–Kier alpha value is -1.94. The molecule has 1 amide bonds. The van der Waals surface area contributed by atoms with E-state index in [9.17, 15) is 13.6 Å². The van der Waals surface area contributed by atoms with Gasteiger partial charge in [0.2, 0.25) is 0 Å². The average Bonchev–Trinajstić information content (AvgIpc) is 2.34. The maximum absolute atomic E-state index is 13.0. The highest BCUT2D eigenvalue weighted by Gasteiger charge is 2.10. The van der Waals surface area contributed by atoms with Gasteiger partial charge in [0.15, 0.2) is 11.6 Å². The zero-order valence-electron chi connectivity index (χ0n) is 9.08. The van der Waals surface area contributed by atoms with Gasteiger partial charge < -0.3 is 5.32 Å². The molecule has 0 aliphatic rings. The minimum Gasteiger partial charge on any atom is -0.322 e. The van der Waals surface area contributed by atoms with Crippen molar-refractivity contribution in [3.8, 4) is 0 Å². The Labute approximate surface area is 107 Å². The molecule has 0 bridgehead atoms. The summed E-state index contributed by atoms with van der Waals surface area (Å²) < 4.78 is 25.7. The van der Waals surface area contributed by atoms with Crippen LogP contribution in [0.25, 0.3) is 0 Å². The Morgan fingerprint density at radius 3 is 2.44 bits per heavy atom. The number of hydrogen-bond acceptors (Lipinski definition) is 1. The molecule has 92 valence electrons. The Balaban J connectivity index is 2.22. The minimum atomic E-state index is -1.02. The van der Waals surface area contributed by atoms with E-state index >= 15 is 0 Å². The topological polar surface area (TPSA) is 29.1 Å². The summed E-state index contributed by atoms with van der Waals surface area (Å²) in [5, 5.41) is 2.73. The van der Waals surface area contributed by atoms with E-state index < -0.39 is 17.5 Å². The van der Waals surface area contributed by atoms with Crippen LogP contribution in [-0.4, -0.2) is 5.91 Å². The Morgan fingerprint density at radius 1 is 1.06 bits per heavy atom. The third-order valence-electron chi connectivity index (χ3n) is 2.30. The molecule has 2 nitrogen and oxygen atoms in total. The Morgan fingerprint density at radius 2 is 1.78 bits per heavy atom. The van der Waals surface area contributed by atoms with E-state index in [-0.39, 0.29) is 16.3 Å². The molecule has 0 atom stereocenters. The quantitative estimate of drug-likeness (QED) is 0.879. The van der Waals surface area contributed by atoms with Crippen LogP contribution in [0.1, 0.15) is 10.4 Å². The Bertz CT molecular complexity index is 601. The zero-order valence-corrected chi connectivity index (χ0v) is 9.84. The van der Waals surface area contributed by atoms with Gasteiger partial charge in [-0.1, -0.05) is 23.7 Å². The number of anilines is 1. The van der Waals surface area contributed by atoms with Gasteiger partial charge in [0.1, 0.15) is 0 Å². The average molecular weight is 268 g/mol. The molecule has 2 aromatic carbocycles. The molecule has 0 saturated heterocycles. The third kappa shape index (κ3) is 2.65. The van der Waals surface area contributed by atoms with Crippen molar-refractivity contribution in [1.29, 1.82) is 0 Å². The number of carbonyl (C=O) groups excluding carboxylic acids is 1. The number of hydrogen-bond donors (Lipinski definition) is 1. The van der Waals surface area contributed by atoms with Gasteiger partial charge >= 0.3 is 0 Å². The number of carbonyl (C=O) groups is 1. The molecule has 1 N–H and O–H groups in total. The van der Waals surface area contributed by atoms with Gasteiger partial charge in [0.05, 0.1) is 10.6 Å². The second kappa shape index (κ2) is 5.14. The van der Waals surface area contributed by atoms with E-state index in [4.69, 9.17) is 11.6 Å². The summed E-state index contributed by atoms with van der Waals surface area (Å²) in [6.07, 6.45) is 0. The van der Waals surface area contributed by atoms with Gasteiger partial charge in [0, 0.05) is 11.8 Å². The number of benzene rings is 2. The molecule has 18 heavy (non-hydrogen) atoms. The van der Waals surface area contributed by atoms with Gasteiger partial charge in [-0.15, -0.1) is 0 Å². The van der Waals surface area contributed by atoms with E-state index in [0.717, 1.165) is 12.1 Å². The number of nitrogens with one attached hydrogen (secondary N) is 1. The fourth-order valence-corrected chi connectivity index (χ4v) is 1.64. The lowest BCUT2D eigenvalue weighted by Gasteiger charge is -2.06. The molecule has 0 radical (unpaired) electrons. The van der Waals surface area contributed by atoms with Crippen LogP contribution in [0, 0.1) is 11.6 Å². The first-order chi connectivity index (χ1) is 8.58. The summed E-state index contributed by atoms with van der Waals surface area (Å²) in [6.45, 7) is 0. The monoisotopic (exact) mass is 267 g/mol. The van der Waals surface area contributed by atoms with E-state index in [1.807, 2.05) is 0 Å². The lowest BCUT2D eigenvalue weighted by Crippen LogP contribution is -2.12. The van der Waals surface area contributed by atoms with Crippen LogP contribution in [0.2, 0.25) is 5.02 Å². The highest BCUT2D eigenvalue weighted by Crippen LogP contribution is 2.18. The molecule has 0 spiro atoms. The lowest BCUT2D eigenvalue weighted by atomic mass is 10.2. The number of halogens is 3. The summed E-state index contributed by atoms with van der Waals surface area (Å²) in [5.74, 6) is -2.47. The van der Waals surface area contributed by atoms with Crippen molar-refractivity contribution in [2.45, 2.75) is 0 Å².